The normalized spacial score (nSPS) is 10.5. The van der Waals surface area contributed by atoms with Crippen LogP contribution in [-0.4, -0.2) is 39.1 Å². The van der Waals surface area contributed by atoms with E-state index in [0.717, 1.165) is 19.3 Å². The summed E-state index contributed by atoms with van der Waals surface area (Å²) in [4.78, 5) is 23.8. The minimum absolute atomic E-state index is 0.155. The van der Waals surface area contributed by atoms with Crippen molar-refractivity contribution in [3.8, 4) is 0 Å². The molecule has 2 rings (SSSR count). The molecule has 1 aromatic carbocycles. The first-order valence-corrected chi connectivity index (χ1v) is 9.42. The van der Waals surface area contributed by atoms with Gasteiger partial charge in [-0.3, -0.25) is 4.79 Å². The molecule has 0 bridgehead atoms. The van der Waals surface area contributed by atoms with Crippen molar-refractivity contribution in [1.82, 2.24) is 14.9 Å². The maximum atomic E-state index is 12.1. The molecule has 8 nitrogen and oxygen atoms in total. The van der Waals surface area contributed by atoms with Gasteiger partial charge in [0.1, 0.15) is 0 Å². The minimum atomic E-state index is -0.370. The Morgan fingerprint density at radius 2 is 1.92 bits per heavy atom. The van der Waals surface area contributed by atoms with Gasteiger partial charge in [-0.1, -0.05) is 25.6 Å². The van der Waals surface area contributed by atoms with Crippen LogP contribution >= 0.6 is 11.8 Å². The molecule has 2 aromatic rings. The van der Waals surface area contributed by atoms with Crippen molar-refractivity contribution in [1.29, 1.82) is 0 Å². The number of amides is 1. The molecule has 1 amide bonds. The number of nitrogens with two attached hydrogens (primary N) is 1. The van der Waals surface area contributed by atoms with E-state index in [1.165, 1.54) is 16.4 Å². The zero-order valence-corrected chi connectivity index (χ0v) is 15.7. The number of nitrogens with zero attached hydrogens (tertiary/aromatic N) is 3. The minimum Gasteiger partial charge on any atom is -0.462 e. The van der Waals surface area contributed by atoms with E-state index in [1.54, 1.807) is 24.3 Å². The van der Waals surface area contributed by atoms with Gasteiger partial charge in [-0.15, -0.1) is 10.2 Å². The zero-order chi connectivity index (χ0) is 18.9. The highest BCUT2D eigenvalue weighted by Crippen LogP contribution is 2.16. The number of carbonyl (C=O) groups is 2. The molecule has 0 spiro atoms. The lowest BCUT2D eigenvalue weighted by Gasteiger charge is -2.07. The molecular weight excluding hydrogens is 354 g/mol. The van der Waals surface area contributed by atoms with Gasteiger partial charge in [0.05, 0.1) is 17.9 Å². The highest BCUT2D eigenvalue weighted by molar-refractivity contribution is 7.99. The Morgan fingerprint density at radius 1 is 1.19 bits per heavy atom. The van der Waals surface area contributed by atoms with Crippen molar-refractivity contribution in [2.24, 2.45) is 0 Å². The summed E-state index contributed by atoms with van der Waals surface area (Å²) in [7, 11) is 0. The van der Waals surface area contributed by atoms with Crippen molar-refractivity contribution < 1.29 is 14.3 Å². The largest absolute Gasteiger partial charge is 0.462 e. The molecule has 3 N–H and O–H groups in total. The van der Waals surface area contributed by atoms with Crippen LogP contribution in [0.5, 0.6) is 0 Å². The molecule has 1 aromatic heterocycles. The van der Waals surface area contributed by atoms with Gasteiger partial charge in [0.2, 0.25) is 11.1 Å². The Kier molecular flexibility index (Phi) is 7.46. The first-order chi connectivity index (χ1) is 12.5. The van der Waals surface area contributed by atoms with Gasteiger partial charge in [0, 0.05) is 12.1 Å². The van der Waals surface area contributed by atoms with E-state index >= 15 is 0 Å². The molecule has 9 heteroatoms. The summed E-state index contributed by atoms with van der Waals surface area (Å²) >= 11 is 1.22. The molecule has 140 valence electrons. The van der Waals surface area contributed by atoms with Crippen molar-refractivity contribution in [3.05, 3.63) is 35.7 Å². The number of carbonyl (C=O) groups excluding carboxylic acids is 2. The van der Waals surface area contributed by atoms with E-state index < -0.39 is 0 Å². The van der Waals surface area contributed by atoms with E-state index in [-0.39, 0.29) is 17.6 Å². The van der Waals surface area contributed by atoms with Crippen LogP contribution in [0.15, 0.2) is 29.4 Å². The summed E-state index contributed by atoms with van der Waals surface area (Å²) in [5, 5.41) is 11.3. The highest BCUT2D eigenvalue weighted by Gasteiger charge is 2.12. The number of anilines is 1. The number of nitrogen functional groups attached to an aromatic ring is 1. The van der Waals surface area contributed by atoms with Crippen LogP contribution in [-0.2, 0) is 16.0 Å². The SMILES string of the molecule is CCCOC(=O)c1ccc(NC(=O)CSc2nnc(CCC)n2N)cc1. The van der Waals surface area contributed by atoms with Crippen LogP contribution in [0.4, 0.5) is 5.69 Å². The number of ether oxygens (including phenoxy) is 1. The fraction of sp³-hybridized carbons (Fsp3) is 0.412. The Morgan fingerprint density at radius 3 is 2.58 bits per heavy atom. The molecule has 0 saturated carbocycles. The smallest absolute Gasteiger partial charge is 0.338 e. The molecule has 0 fully saturated rings. The second-order valence-corrected chi connectivity index (χ2v) is 6.51. The zero-order valence-electron chi connectivity index (χ0n) is 14.9. The molecular formula is C17H23N5O3S. The number of hydrogen-bond donors (Lipinski definition) is 2. The molecule has 0 aliphatic carbocycles. The van der Waals surface area contributed by atoms with Gasteiger partial charge >= 0.3 is 5.97 Å². The van der Waals surface area contributed by atoms with Crippen molar-refractivity contribution in [2.45, 2.75) is 38.3 Å². The third kappa shape index (κ3) is 5.48. The fourth-order valence-corrected chi connectivity index (χ4v) is 2.77. The molecule has 26 heavy (non-hydrogen) atoms. The molecule has 0 aliphatic rings. The highest BCUT2D eigenvalue weighted by atomic mass is 32.2. The van der Waals surface area contributed by atoms with Crippen LogP contribution in [0.3, 0.4) is 0 Å². The topological polar surface area (TPSA) is 112 Å². The first-order valence-electron chi connectivity index (χ1n) is 8.44. The van der Waals surface area contributed by atoms with E-state index in [0.29, 0.717) is 28.8 Å². The predicted octanol–water partition coefficient (Wildman–Crippen LogP) is 2.24. The number of hydrogen-bond acceptors (Lipinski definition) is 7. The average Bonchev–Trinajstić information content (AvgIpc) is 2.99. The molecule has 1 heterocycles. The van der Waals surface area contributed by atoms with Gasteiger partial charge in [0.25, 0.3) is 0 Å². The number of nitrogens with one attached hydrogen (secondary N) is 1. The lowest BCUT2D eigenvalue weighted by atomic mass is 10.2. The maximum absolute atomic E-state index is 12.1. The van der Waals surface area contributed by atoms with Gasteiger partial charge < -0.3 is 15.9 Å². The summed E-state index contributed by atoms with van der Waals surface area (Å²) in [6, 6.07) is 6.56. The molecule has 0 saturated heterocycles. The maximum Gasteiger partial charge on any atom is 0.338 e. The summed E-state index contributed by atoms with van der Waals surface area (Å²) < 4.78 is 6.47. The fourth-order valence-electron chi connectivity index (χ4n) is 2.09. The quantitative estimate of drug-likeness (QED) is 0.391. The molecule has 0 atom stereocenters. The van der Waals surface area contributed by atoms with Crippen molar-refractivity contribution in [3.63, 3.8) is 0 Å². The number of benzene rings is 1. The van der Waals surface area contributed by atoms with Gasteiger partial charge in [-0.05, 0) is 37.1 Å². The van der Waals surface area contributed by atoms with Crippen molar-refractivity contribution >= 4 is 29.3 Å². The standard InChI is InChI=1S/C17H23N5O3S/c1-3-5-14-20-21-17(22(14)18)26-11-15(23)19-13-8-6-12(7-9-13)16(24)25-10-4-2/h6-9H,3-5,10-11,18H2,1-2H3,(H,19,23). The van der Waals surface area contributed by atoms with E-state index in [9.17, 15) is 9.59 Å². The van der Waals surface area contributed by atoms with Crippen LogP contribution in [0.25, 0.3) is 0 Å². The lowest BCUT2D eigenvalue weighted by Crippen LogP contribution is -2.17. The molecule has 0 radical (unpaired) electrons. The van der Waals surface area contributed by atoms with Gasteiger partial charge in [-0.2, -0.15) is 0 Å². The number of rotatable bonds is 9. The second-order valence-electron chi connectivity index (χ2n) is 5.57. The Balaban J connectivity index is 1.85. The number of esters is 1. The van der Waals surface area contributed by atoms with E-state index in [4.69, 9.17) is 10.6 Å². The monoisotopic (exact) mass is 377 g/mol. The van der Waals surface area contributed by atoms with Gasteiger partial charge in [-0.25, -0.2) is 9.47 Å². The van der Waals surface area contributed by atoms with Crippen molar-refractivity contribution in [2.75, 3.05) is 23.5 Å². The Labute approximate surface area is 156 Å². The molecule has 0 unspecified atom stereocenters. The second kappa shape index (κ2) is 9.81. The molecule has 0 aliphatic heterocycles. The third-order valence-corrected chi connectivity index (χ3v) is 4.33. The Bertz CT molecular complexity index is 745. The van der Waals surface area contributed by atoms with Gasteiger partial charge in [0.15, 0.2) is 5.82 Å². The van der Waals surface area contributed by atoms with Crippen LogP contribution in [0, 0.1) is 0 Å². The number of aromatic nitrogens is 3. The summed E-state index contributed by atoms with van der Waals surface area (Å²) in [5.74, 6) is 6.19. The number of thioether (sulfide) groups is 1. The lowest BCUT2D eigenvalue weighted by molar-refractivity contribution is -0.113. The average molecular weight is 377 g/mol. The first kappa shape index (κ1) is 19.8. The van der Waals surface area contributed by atoms with E-state index in [1.807, 2.05) is 13.8 Å². The summed E-state index contributed by atoms with van der Waals surface area (Å²) in [6.07, 6.45) is 2.43. The van der Waals surface area contributed by atoms with E-state index in [2.05, 4.69) is 15.5 Å². The summed E-state index contributed by atoms with van der Waals surface area (Å²) in [5.41, 5.74) is 1.05. The number of aryl methyl sites for hydroxylation is 1. The van der Waals surface area contributed by atoms with Crippen LogP contribution in [0.1, 0.15) is 42.9 Å². The van der Waals surface area contributed by atoms with Crippen LogP contribution in [0.2, 0.25) is 0 Å². The van der Waals surface area contributed by atoms with Crippen LogP contribution < -0.4 is 11.2 Å². The summed E-state index contributed by atoms with van der Waals surface area (Å²) in [6.45, 7) is 4.35. The predicted molar refractivity (Wildman–Crippen MR) is 101 cm³/mol. The third-order valence-electron chi connectivity index (χ3n) is 3.38. The Hall–Kier alpha value is -2.55.